The van der Waals surface area contributed by atoms with Crippen LogP contribution in [0.25, 0.3) is 0 Å². The van der Waals surface area contributed by atoms with Crippen LogP contribution in [0.4, 0.5) is 5.69 Å². The lowest BCUT2D eigenvalue weighted by Crippen LogP contribution is -2.47. The first kappa shape index (κ1) is 21.3. The third-order valence-electron chi connectivity index (χ3n) is 5.80. The van der Waals surface area contributed by atoms with Crippen LogP contribution in [0.15, 0.2) is 24.3 Å². The van der Waals surface area contributed by atoms with Gasteiger partial charge in [0.15, 0.2) is 5.75 Å². The molecular formula is C21H27N3O4S. The van der Waals surface area contributed by atoms with Crippen molar-refractivity contribution in [3.8, 4) is 6.07 Å². The van der Waals surface area contributed by atoms with Crippen molar-refractivity contribution in [1.82, 2.24) is 4.72 Å². The number of aryl methyl sites for hydroxylation is 1. The second kappa shape index (κ2) is 9.40. The van der Waals surface area contributed by atoms with Crippen LogP contribution >= 0.6 is 0 Å². The van der Waals surface area contributed by atoms with Gasteiger partial charge in [0.1, 0.15) is 5.92 Å². The monoisotopic (exact) mass is 417 g/mol. The highest BCUT2D eigenvalue weighted by atomic mass is 32.2. The van der Waals surface area contributed by atoms with Crippen molar-refractivity contribution < 1.29 is 18.0 Å². The van der Waals surface area contributed by atoms with Crippen molar-refractivity contribution in [3.63, 3.8) is 0 Å². The molecule has 1 aromatic rings. The zero-order chi connectivity index (χ0) is 20.9. The number of hydrogen-bond donors (Lipinski definition) is 1. The van der Waals surface area contributed by atoms with Crippen LogP contribution in [0.5, 0.6) is 0 Å². The van der Waals surface area contributed by atoms with E-state index in [0.717, 1.165) is 56.2 Å². The molecule has 1 unspecified atom stereocenters. The number of nitriles is 1. The number of benzene rings is 1. The molecule has 0 radical (unpaired) electrons. The van der Waals surface area contributed by atoms with Gasteiger partial charge in [-0.3, -0.25) is 14.3 Å². The fraction of sp³-hybridized carbons (Fsp3) is 0.571. The van der Waals surface area contributed by atoms with Crippen molar-refractivity contribution >= 4 is 27.5 Å². The molecule has 0 bridgehead atoms. The van der Waals surface area contributed by atoms with Gasteiger partial charge in [-0.15, -0.1) is 0 Å². The molecule has 1 heterocycles. The van der Waals surface area contributed by atoms with Crippen LogP contribution in [0.2, 0.25) is 0 Å². The van der Waals surface area contributed by atoms with Gasteiger partial charge in [-0.25, -0.2) is 8.42 Å². The average molecular weight is 418 g/mol. The number of amides is 2. The van der Waals surface area contributed by atoms with Crippen molar-refractivity contribution in [2.75, 3.05) is 17.2 Å². The Hall–Kier alpha value is -2.40. The Morgan fingerprint density at radius 2 is 1.90 bits per heavy atom. The highest BCUT2D eigenvalue weighted by Gasteiger charge is 2.36. The SMILES string of the molecule is N#CCS(=O)(=O)NC(=O)C(CC1CCCCC1)C(=O)N1CCCc2ccccc21. The van der Waals surface area contributed by atoms with Gasteiger partial charge in [0, 0.05) is 12.2 Å². The molecule has 1 aliphatic heterocycles. The van der Waals surface area contributed by atoms with E-state index in [1.165, 1.54) is 0 Å². The van der Waals surface area contributed by atoms with Gasteiger partial charge >= 0.3 is 0 Å². The van der Waals surface area contributed by atoms with Crippen molar-refractivity contribution in [2.24, 2.45) is 11.8 Å². The smallest absolute Gasteiger partial charge is 0.248 e. The van der Waals surface area contributed by atoms with E-state index in [-0.39, 0.29) is 11.8 Å². The minimum absolute atomic E-state index is 0.224. The highest BCUT2D eigenvalue weighted by molar-refractivity contribution is 7.90. The average Bonchev–Trinajstić information content (AvgIpc) is 2.71. The van der Waals surface area contributed by atoms with Crippen molar-refractivity contribution in [3.05, 3.63) is 29.8 Å². The maximum absolute atomic E-state index is 13.4. The summed E-state index contributed by atoms with van der Waals surface area (Å²) < 4.78 is 25.9. The first-order chi connectivity index (χ1) is 13.9. The molecule has 1 aliphatic carbocycles. The topological polar surface area (TPSA) is 107 Å². The largest absolute Gasteiger partial charge is 0.311 e. The van der Waals surface area contributed by atoms with Crippen LogP contribution in [0.3, 0.4) is 0 Å². The summed E-state index contributed by atoms with van der Waals surface area (Å²) >= 11 is 0. The third kappa shape index (κ3) is 5.36. The summed E-state index contributed by atoms with van der Waals surface area (Å²) in [5.41, 5.74) is 1.85. The molecule has 1 aromatic carbocycles. The van der Waals surface area contributed by atoms with Crippen LogP contribution in [-0.4, -0.2) is 32.5 Å². The minimum atomic E-state index is -4.07. The minimum Gasteiger partial charge on any atom is -0.311 e. The predicted molar refractivity (Wildman–Crippen MR) is 109 cm³/mol. The lowest BCUT2D eigenvalue weighted by molar-refractivity contribution is -0.133. The van der Waals surface area contributed by atoms with Gasteiger partial charge in [0.25, 0.3) is 0 Å². The van der Waals surface area contributed by atoms with E-state index in [9.17, 15) is 18.0 Å². The lowest BCUT2D eigenvalue weighted by atomic mass is 9.82. The summed E-state index contributed by atoms with van der Waals surface area (Å²) in [6, 6.07) is 9.17. The fourth-order valence-corrected chi connectivity index (χ4v) is 5.06. The summed E-state index contributed by atoms with van der Waals surface area (Å²) in [5.74, 6) is -2.83. The van der Waals surface area contributed by atoms with Gasteiger partial charge in [-0.2, -0.15) is 5.26 Å². The Morgan fingerprint density at radius 1 is 1.17 bits per heavy atom. The second-order valence-corrected chi connectivity index (χ2v) is 9.62. The van der Waals surface area contributed by atoms with Crippen molar-refractivity contribution in [2.45, 2.75) is 51.4 Å². The maximum Gasteiger partial charge on any atom is 0.248 e. The molecule has 29 heavy (non-hydrogen) atoms. The van der Waals surface area contributed by atoms with Gasteiger partial charge < -0.3 is 4.90 Å². The van der Waals surface area contributed by atoms with Gasteiger partial charge in [0.2, 0.25) is 21.8 Å². The summed E-state index contributed by atoms with van der Waals surface area (Å²) in [6.07, 6.45) is 7.17. The molecule has 7 nitrogen and oxygen atoms in total. The first-order valence-electron chi connectivity index (χ1n) is 10.2. The molecule has 1 atom stereocenters. The standard InChI is InChI=1S/C21H27N3O4S/c22-12-14-29(27,28)23-20(25)18(15-16-7-2-1-3-8-16)21(26)24-13-6-10-17-9-4-5-11-19(17)24/h4-5,9,11,16,18H,1-3,6-8,10,13-15H2,(H,23,25). The third-order valence-corrected chi connectivity index (χ3v) is 6.82. The molecule has 3 rings (SSSR count). The fourth-order valence-electron chi connectivity index (χ4n) is 4.37. The van der Waals surface area contributed by atoms with E-state index in [1.807, 2.05) is 29.0 Å². The van der Waals surface area contributed by atoms with Crippen LogP contribution in [0, 0.1) is 23.2 Å². The second-order valence-electron chi connectivity index (χ2n) is 7.90. The molecule has 2 aliphatic rings. The van der Waals surface area contributed by atoms with E-state index < -0.39 is 27.6 Å². The molecule has 0 saturated heterocycles. The molecule has 0 spiro atoms. The zero-order valence-corrected chi connectivity index (χ0v) is 17.3. The Bertz CT molecular complexity index is 901. The van der Waals surface area contributed by atoms with Crippen LogP contribution in [0.1, 0.15) is 50.5 Å². The molecule has 1 fully saturated rings. The van der Waals surface area contributed by atoms with Crippen LogP contribution in [-0.2, 0) is 26.0 Å². The zero-order valence-electron chi connectivity index (χ0n) is 16.5. The molecule has 0 aromatic heterocycles. The number of carbonyl (C=O) groups excluding carboxylic acids is 2. The number of rotatable bonds is 6. The van der Waals surface area contributed by atoms with Gasteiger partial charge in [-0.05, 0) is 36.8 Å². The highest BCUT2D eigenvalue weighted by Crippen LogP contribution is 2.33. The summed E-state index contributed by atoms with van der Waals surface area (Å²) in [7, 11) is -4.07. The number of anilines is 1. The van der Waals surface area contributed by atoms with E-state index in [1.54, 1.807) is 11.0 Å². The van der Waals surface area contributed by atoms with E-state index >= 15 is 0 Å². The number of nitrogens with one attached hydrogen (secondary N) is 1. The first-order valence-corrected chi connectivity index (χ1v) is 11.9. The van der Waals surface area contributed by atoms with Gasteiger partial charge in [0.05, 0.1) is 6.07 Å². The molecule has 1 N–H and O–H groups in total. The van der Waals surface area contributed by atoms with Crippen molar-refractivity contribution in [1.29, 1.82) is 5.26 Å². The molecule has 156 valence electrons. The summed E-state index contributed by atoms with van der Waals surface area (Å²) in [4.78, 5) is 27.9. The normalized spacial score (nSPS) is 18.4. The number of carbonyl (C=O) groups is 2. The Kier molecular flexibility index (Phi) is 6.91. The molecule has 2 amide bonds. The predicted octanol–water partition coefficient (Wildman–Crippen LogP) is 2.52. The number of para-hydroxylation sites is 1. The maximum atomic E-state index is 13.4. The summed E-state index contributed by atoms with van der Waals surface area (Å²) in [6.45, 7) is 0.509. The number of hydrogen-bond acceptors (Lipinski definition) is 5. The lowest BCUT2D eigenvalue weighted by Gasteiger charge is -2.33. The van der Waals surface area contributed by atoms with E-state index in [4.69, 9.17) is 5.26 Å². The van der Waals surface area contributed by atoms with E-state index in [0.29, 0.717) is 13.0 Å². The van der Waals surface area contributed by atoms with E-state index in [2.05, 4.69) is 0 Å². The summed E-state index contributed by atoms with van der Waals surface area (Å²) in [5, 5.41) is 8.68. The Labute approximate surface area is 172 Å². The number of nitrogens with zero attached hydrogens (tertiary/aromatic N) is 2. The molecule has 1 saturated carbocycles. The Morgan fingerprint density at radius 3 is 2.62 bits per heavy atom. The quantitative estimate of drug-likeness (QED) is 0.716. The molecule has 8 heteroatoms. The Balaban J connectivity index is 1.85. The number of sulfonamides is 1. The van der Waals surface area contributed by atoms with Crippen LogP contribution < -0.4 is 9.62 Å². The molecular weight excluding hydrogens is 390 g/mol. The van der Waals surface area contributed by atoms with Gasteiger partial charge in [-0.1, -0.05) is 50.3 Å². The number of fused-ring (bicyclic) bond motifs is 1.